The van der Waals surface area contributed by atoms with Crippen molar-refractivity contribution < 1.29 is 13.2 Å². The normalized spacial score (nSPS) is 14.8. The van der Waals surface area contributed by atoms with Gasteiger partial charge in [-0.15, -0.1) is 0 Å². The van der Waals surface area contributed by atoms with Gasteiger partial charge < -0.3 is 15.5 Å². The summed E-state index contributed by atoms with van der Waals surface area (Å²) in [5.74, 6) is 0. The van der Waals surface area contributed by atoms with E-state index in [4.69, 9.17) is 0 Å². The summed E-state index contributed by atoms with van der Waals surface area (Å²) in [6.45, 7) is 7.71. The molecule has 8 nitrogen and oxygen atoms in total. The number of hydrogen-bond donors (Lipinski definition) is 3. The average molecular weight is 446 g/mol. The van der Waals surface area contributed by atoms with Crippen LogP contribution in [0.4, 0.5) is 16.2 Å². The number of carbonyl (C=O) groups excluding carboxylic acids is 1. The summed E-state index contributed by atoms with van der Waals surface area (Å²) in [6, 6.07) is 15.3. The molecule has 168 valence electrons. The van der Waals surface area contributed by atoms with Crippen LogP contribution in [0.1, 0.15) is 11.1 Å². The van der Waals surface area contributed by atoms with Crippen LogP contribution in [0.5, 0.6) is 0 Å². The summed E-state index contributed by atoms with van der Waals surface area (Å²) in [4.78, 5) is 16.8. The zero-order valence-electron chi connectivity index (χ0n) is 18.1. The molecule has 3 N–H and O–H groups in total. The molecule has 0 radical (unpaired) electrons. The van der Waals surface area contributed by atoms with Crippen LogP contribution in [-0.2, 0) is 16.6 Å². The van der Waals surface area contributed by atoms with Crippen LogP contribution in [0, 0.1) is 6.92 Å². The van der Waals surface area contributed by atoms with E-state index in [-0.39, 0.29) is 6.03 Å². The van der Waals surface area contributed by atoms with Gasteiger partial charge in [0.1, 0.15) is 0 Å². The Morgan fingerprint density at radius 3 is 2.45 bits per heavy atom. The average Bonchev–Trinajstić information content (AvgIpc) is 2.72. The number of sulfonamides is 1. The van der Waals surface area contributed by atoms with E-state index >= 15 is 0 Å². The minimum absolute atomic E-state index is 0.236. The van der Waals surface area contributed by atoms with Crippen LogP contribution >= 0.6 is 0 Å². The van der Waals surface area contributed by atoms with E-state index in [2.05, 4.69) is 56.3 Å². The molecule has 0 unspecified atom stereocenters. The van der Waals surface area contributed by atoms with E-state index in [1.54, 1.807) is 18.2 Å². The van der Waals surface area contributed by atoms with Crippen LogP contribution in [0.25, 0.3) is 0 Å². The van der Waals surface area contributed by atoms with Gasteiger partial charge in [-0.3, -0.25) is 9.62 Å². The highest BCUT2D eigenvalue weighted by Crippen LogP contribution is 2.17. The molecule has 0 bridgehead atoms. The molecule has 31 heavy (non-hydrogen) atoms. The number of piperazine rings is 1. The lowest BCUT2D eigenvalue weighted by Gasteiger charge is -2.36. The number of anilines is 2. The van der Waals surface area contributed by atoms with Gasteiger partial charge in [0.25, 0.3) is 0 Å². The van der Waals surface area contributed by atoms with Gasteiger partial charge in [-0.1, -0.05) is 24.3 Å². The highest BCUT2D eigenvalue weighted by molar-refractivity contribution is 7.92. The fourth-order valence-electron chi connectivity index (χ4n) is 3.59. The molecule has 0 aliphatic carbocycles. The predicted molar refractivity (Wildman–Crippen MR) is 125 cm³/mol. The molecule has 2 aromatic carbocycles. The Morgan fingerprint density at radius 1 is 1.00 bits per heavy atom. The van der Waals surface area contributed by atoms with Crippen LogP contribution < -0.4 is 20.3 Å². The third kappa shape index (κ3) is 7.76. The fourth-order valence-corrected chi connectivity index (χ4v) is 4.14. The van der Waals surface area contributed by atoms with Crippen LogP contribution in [0.2, 0.25) is 0 Å². The van der Waals surface area contributed by atoms with Crippen molar-refractivity contribution in [3.05, 3.63) is 59.7 Å². The van der Waals surface area contributed by atoms with E-state index in [0.717, 1.165) is 44.5 Å². The van der Waals surface area contributed by atoms with E-state index in [1.807, 2.05) is 6.07 Å². The second kappa shape index (κ2) is 10.5. The van der Waals surface area contributed by atoms with E-state index in [1.165, 1.54) is 11.3 Å². The van der Waals surface area contributed by atoms with Crippen molar-refractivity contribution in [2.45, 2.75) is 13.5 Å². The van der Waals surface area contributed by atoms with Crippen LogP contribution in [-0.4, -0.2) is 64.9 Å². The molecule has 0 saturated carbocycles. The highest BCUT2D eigenvalue weighted by Gasteiger charge is 2.17. The van der Waals surface area contributed by atoms with Gasteiger partial charge in [-0.05, 0) is 42.3 Å². The number of nitrogens with zero attached hydrogens (tertiary/aromatic N) is 2. The first-order valence-corrected chi connectivity index (χ1v) is 12.3. The number of rotatable bonds is 8. The Hall–Kier alpha value is -2.78. The lowest BCUT2D eigenvalue weighted by atomic mass is 10.2. The van der Waals surface area contributed by atoms with E-state index in [9.17, 15) is 13.2 Å². The number of nitrogens with one attached hydrogen (secondary N) is 3. The lowest BCUT2D eigenvalue weighted by Crippen LogP contribution is -2.49. The molecule has 1 saturated heterocycles. The second-order valence-corrected chi connectivity index (χ2v) is 9.60. The molecule has 9 heteroatoms. The van der Waals surface area contributed by atoms with Gasteiger partial charge in [-0.25, -0.2) is 13.2 Å². The van der Waals surface area contributed by atoms with Crippen molar-refractivity contribution in [1.82, 2.24) is 15.5 Å². The molecule has 1 fully saturated rings. The van der Waals surface area contributed by atoms with Crippen molar-refractivity contribution in [1.29, 1.82) is 0 Å². The number of urea groups is 1. The Morgan fingerprint density at radius 2 is 1.74 bits per heavy atom. The second-order valence-electron chi connectivity index (χ2n) is 7.85. The Labute approximate surface area is 184 Å². The third-order valence-electron chi connectivity index (χ3n) is 5.14. The summed E-state index contributed by atoms with van der Waals surface area (Å²) in [7, 11) is -3.33. The monoisotopic (exact) mass is 445 g/mol. The van der Waals surface area contributed by atoms with Crippen molar-refractivity contribution in [3.63, 3.8) is 0 Å². The first-order valence-electron chi connectivity index (χ1n) is 10.4. The molecular formula is C22H31N5O3S. The lowest BCUT2D eigenvalue weighted by molar-refractivity contribution is 0.231. The number of hydrogen-bond acceptors (Lipinski definition) is 5. The van der Waals surface area contributed by atoms with Crippen LogP contribution in [0.3, 0.4) is 0 Å². The maximum absolute atomic E-state index is 12.1. The fraction of sp³-hybridized carbons (Fsp3) is 0.409. The highest BCUT2D eigenvalue weighted by atomic mass is 32.2. The minimum atomic E-state index is -3.33. The van der Waals surface area contributed by atoms with Crippen molar-refractivity contribution in [2.75, 3.05) is 55.1 Å². The van der Waals surface area contributed by atoms with Gasteiger partial charge in [0.15, 0.2) is 0 Å². The molecular weight excluding hydrogens is 414 g/mol. The Kier molecular flexibility index (Phi) is 7.75. The maximum Gasteiger partial charge on any atom is 0.315 e. The van der Waals surface area contributed by atoms with Gasteiger partial charge >= 0.3 is 6.03 Å². The topological polar surface area (TPSA) is 93.8 Å². The number of aryl methyl sites for hydroxylation is 1. The molecule has 1 aliphatic heterocycles. The van der Waals surface area contributed by atoms with Crippen molar-refractivity contribution >= 4 is 27.4 Å². The van der Waals surface area contributed by atoms with Crippen molar-refractivity contribution in [2.24, 2.45) is 0 Å². The van der Waals surface area contributed by atoms with Crippen LogP contribution in [0.15, 0.2) is 48.5 Å². The molecule has 1 aliphatic rings. The third-order valence-corrected chi connectivity index (χ3v) is 5.74. The summed E-state index contributed by atoms with van der Waals surface area (Å²) < 4.78 is 25.1. The summed E-state index contributed by atoms with van der Waals surface area (Å²) in [6.07, 6.45) is 1.10. The van der Waals surface area contributed by atoms with Gasteiger partial charge in [0.05, 0.1) is 6.26 Å². The number of benzene rings is 2. The molecule has 1 heterocycles. The SMILES string of the molecule is Cc1cccc(N2CCN(CCNC(=O)NCc3cccc(NS(C)(=O)=O)c3)CC2)c1. The van der Waals surface area contributed by atoms with Gasteiger partial charge in [0, 0.05) is 57.2 Å². The largest absolute Gasteiger partial charge is 0.369 e. The number of carbonyl (C=O) groups is 1. The number of amides is 2. The Bertz CT molecular complexity index is 988. The van der Waals surface area contributed by atoms with Gasteiger partial charge in [0.2, 0.25) is 10.0 Å². The molecule has 2 aromatic rings. The maximum atomic E-state index is 12.1. The van der Waals surface area contributed by atoms with Crippen molar-refractivity contribution in [3.8, 4) is 0 Å². The zero-order valence-corrected chi connectivity index (χ0v) is 18.9. The Balaban J connectivity index is 1.34. The molecule has 0 spiro atoms. The minimum Gasteiger partial charge on any atom is -0.369 e. The van der Waals surface area contributed by atoms with E-state index < -0.39 is 10.0 Å². The van der Waals surface area contributed by atoms with E-state index in [0.29, 0.717) is 18.8 Å². The quantitative estimate of drug-likeness (QED) is 0.578. The summed E-state index contributed by atoms with van der Waals surface area (Å²) in [5, 5.41) is 5.69. The first-order chi connectivity index (χ1) is 14.8. The molecule has 0 atom stereocenters. The molecule has 0 aromatic heterocycles. The standard InChI is InChI=1S/C22H31N5O3S/c1-18-5-3-8-21(15-18)27-13-11-26(12-14-27)10-9-23-22(28)24-17-19-6-4-7-20(16-19)25-31(2,29)30/h3-8,15-16,25H,9-14,17H2,1-2H3,(H2,23,24,28). The zero-order chi connectivity index (χ0) is 22.3. The summed E-state index contributed by atoms with van der Waals surface area (Å²) in [5.41, 5.74) is 3.84. The van der Waals surface area contributed by atoms with Gasteiger partial charge in [-0.2, -0.15) is 0 Å². The molecule has 2 amide bonds. The first kappa shape index (κ1) is 22.9. The molecule has 3 rings (SSSR count). The summed E-state index contributed by atoms with van der Waals surface area (Å²) >= 11 is 0. The predicted octanol–water partition coefficient (Wildman–Crippen LogP) is 1.99. The smallest absolute Gasteiger partial charge is 0.315 e.